The largest absolute Gasteiger partial charge is 0.192 e. The molecule has 1 nitrogen and oxygen atoms in total. The van der Waals surface area contributed by atoms with Crippen LogP contribution in [0.1, 0.15) is 5.56 Å². The van der Waals surface area contributed by atoms with Gasteiger partial charge < -0.3 is 0 Å². The van der Waals surface area contributed by atoms with Crippen LogP contribution in [0, 0.1) is 11.3 Å². The first-order valence-corrected chi connectivity index (χ1v) is 16.9. The van der Waals surface area contributed by atoms with Gasteiger partial charge in [-0.1, -0.05) is 109 Å². The lowest BCUT2D eigenvalue weighted by atomic mass is 9.84. The van der Waals surface area contributed by atoms with Crippen molar-refractivity contribution in [1.82, 2.24) is 0 Å². The minimum Gasteiger partial charge on any atom is -0.192 e. The van der Waals surface area contributed by atoms with Gasteiger partial charge in [0.1, 0.15) is 0 Å². The number of hydrogen-bond acceptors (Lipinski definition) is 3. The summed E-state index contributed by atoms with van der Waals surface area (Å²) in [6.45, 7) is 0. The Morgan fingerprint density at radius 1 is 0.391 bits per heavy atom. The van der Waals surface area contributed by atoms with Crippen molar-refractivity contribution in [3.63, 3.8) is 0 Å². The molecule has 2 heterocycles. The van der Waals surface area contributed by atoms with Crippen LogP contribution in [0.25, 0.3) is 84.9 Å². The lowest BCUT2D eigenvalue weighted by molar-refractivity contribution is 1.48. The van der Waals surface area contributed by atoms with Gasteiger partial charge >= 0.3 is 0 Å². The van der Waals surface area contributed by atoms with Gasteiger partial charge in [-0.2, -0.15) is 5.26 Å². The van der Waals surface area contributed by atoms with E-state index >= 15 is 0 Å². The summed E-state index contributed by atoms with van der Waals surface area (Å²) in [7, 11) is 0. The molecule has 214 valence electrons. The van der Waals surface area contributed by atoms with Gasteiger partial charge in [-0.25, -0.2) is 0 Å². The minimum atomic E-state index is 0.658. The van der Waals surface area contributed by atoms with E-state index in [-0.39, 0.29) is 0 Å². The molecule has 0 saturated heterocycles. The maximum absolute atomic E-state index is 9.77. The molecule has 9 aromatic rings. The van der Waals surface area contributed by atoms with Gasteiger partial charge in [0.05, 0.1) is 11.6 Å². The van der Waals surface area contributed by atoms with Crippen molar-refractivity contribution < 1.29 is 0 Å². The Hall–Kier alpha value is -5.53. The summed E-state index contributed by atoms with van der Waals surface area (Å²) in [4.78, 5) is 0. The van der Waals surface area contributed by atoms with E-state index in [1.165, 1.54) is 73.7 Å². The van der Waals surface area contributed by atoms with E-state index in [2.05, 4.69) is 140 Å². The van der Waals surface area contributed by atoms with Gasteiger partial charge in [-0.15, -0.1) is 22.7 Å². The monoisotopic (exact) mass is 619 g/mol. The number of nitrogens with zero attached hydrogens (tertiary/aromatic N) is 1. The van der Waals surface area contributed by atoms with Gasteiger partial charge in [-0.05, 0) is 81.4 Å². The van der Waals surface area contributed by atoms with Crippen molar-refractivity contribution in [2.45, 2.75) is 0 Å². The summed E-state index contributed by atoms with van der Waals surface area (Å²) < 4.78 is 5.16. The van der Waals surface area contributed by atoms with Crippen molar-refractivity contribution >= 4 is 63.0 Å². The molecule has 0 spiro atoms. The Kier molecular flexibility index (Phi) is 6.31. The van der Waals surface area contributed by atoms with Crippen LogP contribution >= 0.6 is 22.7 Å². The van der Waals surface area contributed by atoms with Gasteiger partial charge in [0.2, 0.25) is 0 Å². The molecule has 7 aromatic carbocycles. The molecule has 2 aromatic heterocycles. The minimum absolute atomic E-state index is 0.658. The maximum atomic E-state index is 9.77. The van der Waals surface area contributed by atoms with Crippen LogP contribution in [0.2, 0.25) is 0 Å². The van der Waals surface area contributed by atoms with E-state index in [1.54, 1.807) is 0 Å². The highest BCUT2D eigenvalue weighted by atomic mass is 32.1. The van der Waals surface area contributed by atoms with Crippen LogP contribution in [0.5, 0.6) is 0 Å². The molecular weight excluding hydrogens is 595 g/mol. The van der Waals surface area contributed by atoms with Gasteiger partial charge in [0, 0.05) is 45.9 Å². The molecule has 0 radical (unpaired) electrons. The lowest BCUT2D eigenvalue weighted by Gasteiger charge is -2.20. The number of thiophene rings is 2. The first-order chi connectivity index (χ1) is 22.7. The lowest BCUT2D eigenvalue weighted by Crippen LogP contribution is -1.93. The predicted molar refractivity (Wildman–Crippen MR) is 199 cm³/mol. The van der Waals surface area contributed by atoms with E-state index in [0.717, 1.165) is 11.1 Å². The highest BCUT2D eigenvalue weighted by Crippen LogP contribution is 2.48. The number of fused-ring (bicyclic) bond motifs is 6. The number of benzene rings is 7. The second kappa shape index (κ2) is 10.8. The third kappa shape index (κ3) is 4.35. The molecule has 0 unspecified atom stereocenters. The quantitative estimate of drug-likeness (QED) is 0.192. The maximum Gasteiger partial charge on any atom is 0.0991 e. The van der Waals surface area contributed by atoms with Gasteiger partial charge in [0.15, 0.2) is 0 Å². The zero-order chi connectivity index (χ0) is 30.6. The molecule has 0 aliphatic heterocycles. The van der Waals surface area contributed by atoms with Gasteiger partial charge in [-0.3, -0.25) is 0 Å². The summed E-state index contributed by atoms with van der Waals surface area (Å²) >= 11 is 3.71. The molecule has 46 heavy (non-hydrogen) atoms. The Labute approximate surface area is 274 Å². The zero-order valence-electron chi connectivity index (χ0n) is 24.7. The second-order valence-electron chi connectivity index (χ2n) is 11.6. The average molecular weight is 620 g/mol. The molecule has 0 atom stereocenters. The van der Waals surface area contributed by atoms with E-state index in [9.17, 15) is 5.26 Å². The highest BCUT2D eigenvalue weighted by Gasteiger charge is 2.20. The molecule has 0 fully saturated rings. The van der Waals surface area contributed by atoms with Crippen molar-refractivity contribution in [2.75, 3.05) is 0 Å². The van der Waals surface area contributed by atoms with Crippen LogP contribution < -0.4 is 0 Å². The van der Waals surface area contributed by atoms with Crippen LogP contribution in [0.15, 0.2) is 152 Å². The molecular formula is C43H25NS2. The summed E-state index contributed by atoms with van der Waals surface area (Å²) in [6, 6.07) is 56.7. The SMILES string of the molecule is N#Cc1cccc(-c2cc(-c3ccc4c(c3)sc3ccccc34)c(-c3ccccc3)c(-c3cccc4c3sc3ccccc34)c2)c1. The molecule has 0 saturated carbocycles. The van der Waals surface area contributed by atoms with Crippen molar-refractivity contribution in [3.05, 3.63) is 157 Å². The summed E-state index contributed by atoms with van der Waals surface area (Å²) in [6.07, 6.45) is 0. The summed E-state index contributed by atoms with van der Waals surface area (Å²) in [5.74, 6) is 0. The standard InChI is InChI=1S/C43H25NS2/c44-26-27-10-8-13-29(22-27)31-23-37(30-20-21-34-32-14-4-6-18-39(32)45-41(34)25-30)42(28-11-2-1-3-12-28)38(24-31)36-17-9-16-35-33-15-5-7-19-40(33)46-43(35)36/h1-25H. The van der Waals surface area contributed by atoms with E-state index < -0.39 is 0 Å². The summed E-state index contributed by atoms with van der Waals surface area (Å²) in [5.41, 5.74) is 9.95. The molecule has 0 aliphatic carbocycles. The first kappa shape index (κ1) is 26.8. The van der Waals surface area contributed by atoms with Crippen LogP contribution in [0.4, 0.5) is 0 Å². The topological polar surface area (TPSA) is 23.8 Å². The molecule has 9 rings (SSSR count). The van der Waals surface area contributed by atoms with Crippen LogP contribution in [-0.2, 0) is 0 Å². The van der Waals surface area contributed by atoms with Crippen molar-refractivity contribution in [3.8, 4) is 50.6 Å². The molecule has 0 amide bonds. The van der Waals surface area contributed by atoms with Crippen molar-refractivity contribution in [2.24, 2.45) is 0 Å². The summed E-state index contributed by atoms with van der Waals surface area (Å²) in [5, 5.41) is 14.9. The average Bonchev–Trinajstić information content (AvgIpc) is 3.69. The Morgan fingerprint density at radius 3 is 1.87 bits per heavy atom. The third-order valence-electron chi connectivity index (χ3n) is 8.91. The fourth-order valence-electron chi connectivity index (χ4n) is 6.79. The van der Waals surface area contributed by atoms with Gasteiger partial charge in [0.25, 0.3) is 0 Å². The fourth-order valence-corrected chi connectivity index (χ4v) is 9.16. The number of rotatable bonds is 4. The number of nitriles is 1. The normalized spacial score (nSPS) is 11.5. The molecule has 0 N–H and O–H groups in total. The highest BCUT2D eigenvalue weighted by molar-refractivity contribution is 7.26. The predicted octanol–water partition coefficient (Wildman–Crippen LogP) is 13.0. The fraction of sp³-hybridized carbons (Fsp3) is 0. The molecule has 0 aliphatic rings. The van der Waals surface area contributed by atoms with Crippen LogP contribution in [0.3, 0.4) is 0 Å². The smallest absolute Gasteiger partial charge is 0.0991 e. The molecule has 3 heteroatoms. The second-order valence-corrected chi connectivity index (χ2v) is 13.7. The van der Waals surface area contributed by atoms with E-state index in [0.29, 0.717) is 5.56 Å². The van der Waals surface area contributed by atoms with Crippen molar-refractivity contribution in [1.29, 1.82) is 5.26 Å². The number of hydrogen-bond donors (Lipinski definition) is 0. The zero-order valence-corrected chi connectivity index (χ0v) is 26.3. The third-order valence-corrected chi connectivity index (χ3v) is 11.3. The van der Waals surface area contributed by atoms with E-state index in [4.69, 9.17) is 0 Å². The Balaban J connectivity index is 1.41. The van der Waals surface area contributed by atoms with E-state index in [1.807, 2.05) is 40.9 Å². The van der Waals surface area contributed by atoms with Crippen LogP contribution in [-0.4, -0.2) is 0 Å². The Bertz CT molecular complexity index is 2650. The molecule has 0 bridgehead atoms. The first-order valence-electron chi connectivity index (χ1n) is 15.3. The Morgan fingerprint density at radius 2 is 1.04 bits per heavy atom.